The molecular formula is C27H26O7. The van der Waals surface area contributed by atoms with E-state index in [9.17, 15) is 14.4 Å². The maximum absolute atomic E-state index is 12.5. The minimum absolute atomic E-state index is 0.0588. The number of esters is 2. The molecule has 0 spiro atoms. The highest BCUT2D eigenvalue weighted by Gasteiger charge is 2.15. The summed E-state index contributed by atoms with van der Waals surface area (Å²) >= 11 is 0. The van der Waals surface area contributed by atoms with Crippen LogP contribution in [0, 0.1) is 0 Å². The van der Waals surface area contributed by atoms with E-state index in [0.29, 0.717) is 42.1 Å². The van der Waals surface area contributed by atoms with Crippen LogP contribution in [0.2, 0.25) is 0 Å². The highest BCUT2D eigenvalue weighted by atomic mass is 16.5. The third kappa shape index (κ3) is 6.68. The predicted octanol–water partition coefficient (Wildman–Crippen LogP) is 5.52. The molecule has 0 N–H and O–H groups in total. The summed E-state index contributed by atoms with van der Waals surface area (Å²) in [6.07, 6.45) is 2.29. The van der Waals surface area contributed by atoms with Gasteiger partial charge >= 0.3 is 11.9 Å². The van der Waals surface area contributed by atoms with Crippen molar-refractivity contribution in [2.24, 2.45) is 0 Å². The molecule has 0 aliphatic heterocycles. The minimum atomic E-state index is -0.625. The highest BCUT2D eigenvalue weighted by Crippen LogP contribution is 2.25. The molecule has 0 aliphatic rings. The van der Waals surface area contributed by atoms with E-state index >= 15 is 0 Å². The van der Waals surface area contributed by atoms with Gasteiger partial charge in [0.15, 0.2) is 6.29 Å². The van der Waals surface area contributed by atoms with E-state index in [-0.39, 0.29) is 17.1 Å². The Balaban J connectivity index is 1.65. The Kier molecular flexibility index (Phi) is 8.80. The topological polar surface area (TPSA) is 88.1 Å². The molecule has 3 aromatic carbocycles. The van der Waals surface area contributed by atoms with Crippen molar-refractivity contribution in [2.45, 2.75) is 26.7 Å². The summed E-state index contributed by atoms with van der Waals surface area (Å²) in [5, 5.41) is 0. The maximum Gasteiger partial charge on any atom is 0.343 e. The van der Waals surface area contributed by atoms with Crippen molar-refractivity contribution in [3.8, 4) is 23.0 Å². The Hall–Kier alpha value is -4.13. The van der Waals surface area contributed by atoms with Gasteiger partial charge < -0.3 is 18.9 Å². The molecule has 176 valence electrons. The minimum Gasteiger partial charge on any atom is -0.494 e. The van der Waals surface area contributed by atoms with Crippen LogP contribution in [-0.4, -0.2) is 31.4 Å². The van der Waals surface area contributed by atoms with Crippen LogP contribution in [-0.2, 0) is 0 Å². The van der Waals surface area contributed by atoms with Crippen LogP contribution >= 0.6 is 0 Å². The molecule has 3 rings (SSSR count). The van der Waals surface area contributed by atoms with Gasteiger partial charge in [-0.2, -0.15) is 0 Å². The fraction of sp³-hybridized carbons (Fsp3) is 0.222. The SMILES string of the molecule is CCCOc1ccc(C(=O)Oc2ccc(OC(=O)c3ccc(OCCC)cc3)c(C=O)c2)cc1. The van der Waals surface area contributed by atoms with Crippen LogP contribution in [0.25, 0.3) is 0 Å². The third-order valence-electron chi connectivity index (χ3n) is 4.65. The van der Waals surface area contributed by atoms with Crippen LogP contribution in [0.3, 0.4) is 0 Å². The first-order valence-corrected chi connectivity index (χ1v) is 11.0. The van der Waals surface area contributed by atoms with Crippen LogP contribution < -0.4 is 18.9 Å². The van der Waals surface area contributed by atoms with E-state index in [1.165, 1.54) is 18.2 Å². The molecule has 0 aromatic heterocycles. The van der Waals surface area contributed by atoms with Crippen LogP contribution in [0.4, 0.5) is 0 Å². The van der Waals surface area contributed by atoms with Crippen molar-refractivity contribution in [3.63, 3.8) is 0 Å². The van der Waals surface area contributed by atoms with Gasteiger partial charge in [-0.25, -0.2) is 9.59 Å². The second-order valence-corrected chi connectivity index (χ2v) is 7.34. The Morgan fingerprint density at radius 2 is 1.15 bits per heavy atom. The van der Waals surface area contributed by atoms with E-state index in [1.807, 2.05) is 13.8 Å². The third-order valence-corrected chi connectivity index (χ3v) is 4.65. The van der Waals surface area contributed by atoms with E-state index in [4.69, 9.17) is 18.9 Å². The second-order valence-electron chi connectivity index (χ2n) is 7.34. The predicted molar refractivity (Wildman–Crippen MR) is 126 cm³/mol. The van der Waals surface area contributed by atoms with E-state index < -0.39 is 11.9 Å². The number of carbonyl (C=O) groups is 3. The number of benzene rings is 3. The molecule has 0 unspecified atom stereocenters. The Morgan fingerprint density at radius 1 is 0.676 bits per heavy atom. The lowest BCUT2D eigenvalue weighted by Gasteiger charge is -2.10. The molecule has 0 fully saturated rings. The zero-order chi connectivity index (χ0) is 24.3. The molecule has 0 saturated carbocycles. The lowest BCUT2D eigenvalue weighted by atomic mass is 10.2. The fourth-order valence-corrected chi connectivity index (χ4v) is 2.91. The maximum atomic E-state index is 12.5. The number of carbonyl (C=O) groups excluding carboxylic acids is 3. The number of aldehydes is 1. The molecule has 0 atom stereocenters. The van der Waals surface area contributed by atoms with Gasteiger partial charge in [0.25, 0.3) is 0 Å². The van der Waals surface area contributed by atoms with Gasteiger partial charge in [-0.05, 0) is 79.6 Å². The van der Waals surface area contributed by atoms with Crippen LogP contribution in [0.1, 0.15) is 57.8 Å². The summed E-state index contributed by atoms with van der Waals surface area (Å²) in [6, 6.07) is 17.3. The number of hydrogen-bond donors (Lipinski definition) is 0. The van der Waals surface area contributed by atoms with E-state index in [1.54, 1.807) is 48.5 Å². The molecule has 3 aromatic rings. The number of rotatable bonds is 11. The quantitative estimate of drug-likeness (QED) is 0.211. The molecule has 0 saturated heterocycles. The van der Waals surface area contributed by atoms with Crippen molar-refractivity contribution < 1.29 is 33.3 Å². The first kappa shape index (κ1) is 24.5. The van der Waals surface area contributed by atoms with Gasteiger partial charge in [0, 0.05) is 0 Å². The lowest BCUT2D eigenvalue weighted by molar-refractivity contribution is 0.0717. The van der Waals surface area contributed by atoms with Crippen molar-refractivity contribution in [2.75, 3.05) is 13.2 Å². The Bertz CT molecular complexity index is 1120. The molecule has 7 nitrogen and oxygen atoms in total. The van der Waals surface area contributed by atoms with Crippen molar-refractivity contribution in [3.05, 3.63) is 83.4 Å². The van der Waals surface area contributed by atoms with Gasteiger partial charge in [0.05, 0.1) is 29.9 Å². The molecular weight excluding hydrogens is 436 g/mol. The number of hydrogen-bond acceptors (Lipinski definition) is 7. The summed E-state index contributed by atoms with van der Waals surface area (Å²) in [5.41, 5.74) is 0.714. The van der Waals surface area contributed by atoms with Gasteiger partial charge in [0.2, 0.25) is 0 Å². The zero-order valence-electron chi connectivity index (χ0n) is 19.1. The van der Waals surface area contributed by atoms with Gasteiger partial charge in [0.1, 0.15) is 23.0 Å². The molecule has 0 bridgehead atoms. The number of ether oxygens (including phenoxy) is 4. The first-order valence-electron chi connectivity index (χ1n) is 11.0. The van der Waals surface area contributed by atoms with Gasteiger partial charge in [-0.3, -0.25) is 4.79 Å². The standard InChI is InChI=1S/C27H26O7/c1-3-15-31-22-9-5-19(6-10-22)26(29)33-24-13-14-25(21(17-24)18-28)34-27(30)20-7-11-23(12-8-20)32-16-4-2/h5-14,17-18H,3-4,15-16H2,1-2H3. The Labute approximate surface area is 198 Å². The van der Waals surface area contributed by atoms with Crippen molar-refractivity contribution >= 4 is 18.2 Å². The monoisotopic (exact) mass is 462 g/mol. The average Bonchev–Trinajstić information content (AvgIpc) is 2.87. The highest BCUT2D eigenvalue weighted by molar-refractivity contribution is 5.93. The molecule has 0 radical (unpaired) electrons. The summed E-state index contributed by atoms with van der Waals surface area (Å²) in [6.45, 7) is 5.19. The van der Waals surface area contributed by atoms with Crippen LogP contribution in [0.5, 0.6) is 23.0 Å². The lowest BCUT2D eigenvalue weighted by Crippen LogP contribution is -2.11. The fourth-order valence-electron chi connectivity index (χ4n) is 2.91. The summed E-state index contributed by atoms with van der Waals surface area (Å²) in [5.74, 6) is 0.311. The summed E-state index contributed by atoms with van der Waals surface area (Å²) < 4.78 is 21.7. The normalized spacial score (nSPS) is 10.3. The molecule has 34 heavy (non-hydrogen) atoms. The zero-order valence-corrected chi connectivity index (χ0v) is 19.1. The second kappa shape index (κ2) is 12.2. The Morgan fingerprint density at radius 3 is 1.62 bits per heavy atom. The van der Waals surface area contributed by atoms with Gasteiger partial charge in [-0.15, -0.1) is 0 Å². The first-order chi connectivity index (χ1) is 16.5. The molecule has 0 aliphatic carbocycles. The summed E-state index contributed by atoms with van der Waals surface area (Å²) in [7, 11) is 0. The van der Waals surface area contributed by atoms with Gasteiger partial charge in [-0.1, -0.05) is 13.8 Å². The van der Waals surface area contributed by atoms with Crippen molar-refractivity contribution in [1.82, 2.24) is 0 Å². The average molecular weight is 462 g/mol. The van der Waals surface area contributed by atoms with E-state index in [2.05, 4.69) is 0 Å². The molecule has 0 amide bonds. The summed E-state index contributed by atoms with van der Waals surface area (Å²) in [4.78, 5) is 36.5. The molecule has 7 heteroatoms. The smallest absolute Gasteiger partial charge is 0.343 e. The van der Waals surface area contributed by atoms with Crippen LogP contribution in [0.15, 0.2) is 66.7 Å². The molecule has 0 heterocycles. The van der Waals surface area contributed by atoms with Crippen molar-refractivity contribution in [1.29, 1.82) is 0 Å². The largest absolute Gasteiger partial charge is 0.494 e. The van der Waals surface area contributed by atoms with E-state index in [0.717, 1.165) is 12.8 Å².